The highest BCUT2D eigenvalue weighted by Crippen LogP contribution is 2.52. The van der Waals surface area contributed by atoms with Crippen molar-refractivity contribution in [2.24, 2.45) is 11.3 Å². The molecule has 0 spiro atoms. The molecule has 3 heteroatoms. The van der Waals surface area contributed by atoms with Crippen LogP contribution in [0.3, 0.4) is 0 Å². The maximum atomic E-state index is 14.0. The minimum absolute atomic E-state index is 0.0718. The lowest BCUT2D eigenvalue weighted by Gasteiger charge is -2.60. The van der Waals surface area contributed by atoms with Crippen LogP contribution in [0.1, 0.15) is 32.3 Å². The fraction of sp³-hybridized carbons (Fsp3) is 0.625. The summed E-state index contributed by atoms with van der Waals surface area (Å²) in [7, 11) is 0. The van der Waals surface area contributed by atoms with Crippen LogP contribution in [0.15, 0.2) is 18.2 Å². The molecule has 1 N–H and O–H groups in total. The molecule has 2 nitrogen and oxygen atoms in total. The average molecular weight is 263 g/mol. The summed E-state index contributed by atoms with van der Waals surface area (Å²) in [5.74, 6) is 0.362. The first-order chi connectivity index (χ1) is 9.00. The molecule has 2 fully saturated rings. The Bertz CT molecular complexity index is 486. The Balaban J connectivity index is 1.79. The van der Waals surface area contributed by atoms with Crippen molar-refractivity contribution in [2.75, 3.05) is 11.9 Å². The average Bonchev–Trinajstić information content (AvgIpc) is 2.37. The Morgan fingerprint density at radius 3 is 2.89 bits per heavy atom. The Labute approximate surface area is 114 Å². The lowest BCUT2D eigenvalue weighted by atomic mass is 9.55. The van der Waals surface area contributed by atoms with Gasteiger partial charge in [-0.05, 0) is 37.5 Å². The third-order valence-electron chi connectivity index (χ3n) is 4.77. The molecule has 104 valence electrons. The molecule has 0 amide bonds. The summed E-state index contributed by atoms with van der Waals surface area (Å²) in [5.41, 5.74) is 1.64. The predicted octanol–water partition coefficient (Wildman–Crippen LogP) is 3.75. The molecule has 1 aromatic carbocycles. The Morgan fingerprint density at radius 2 is 2.16 bits per heavy atom. The molecule has 1 aliphatic carbocycles. The van der Waals surface area contributed by atoms with Crippen LogP contribution in [0.4, 0.5) is 10.1 Å². The zero-order valence-corrected chi connectivity index (χ0v) is 11.9. The Morgan fingerprint density at radius 1 is 1.37 bits per heavy atom. The van der Waals surface area contributed by atoms with Crippen LogP contribution in [-0.2, 0) is 4.74 Å². The molecular weight excluding hydrogens is 241 g/mol. The maximum absolute atomic E-state index is 14.0. The fourth-order valence-corrected chi connectivity index (χ4v) is 3.72. The molecular formula is C16H22FNO. The number of aryl methyl sites for hydroxylation is 1. The van der Waals surface area contributed by atoms with Gasteiger partial charge in [0.15, 0.2) is 0 Å². The van der Waals surface area contributed by atoms with E-state index in [0.29, 0.717) is 23.8 Å². The number of rotatable bonds is 2. The monoisotopic (exact) mass is 263 g/mol. The van der Waals surface area contributed by atoms with Gasteiger partial charge in [0.2, 0.25) is 0 Å². The molecule has 1 saturated carbocycles. The van der Waals surface area contributed by atoms with Gasteiger partial charge in [0, 0.05) is 24.0 Å². The van der Waals surface area contributed by atoms with E-state index < -0.39 is 0 Å². The van der Waals surface area contributed by atoms with Crippen molar-refractivity contribution >= 4 is 5.69 Å². The first-order valence-electron chi connectivity index (χ1n) is 7.14. The standard InChI is InChI=1S/C16H22FNO/c1-10-6-7-13(12(17)9-10)18-14-11-5-4-8-19-15(11)16(14,2)3/h6-7,9,11,14-15,18H,4-5,8H2,1-3H3. The zero-order valence-electron chi connectivity index (χ0n) is 11.9. The van der Waals surface area contributed by atoms with Gasteiger partial charge >= 0.3 is 0 Å². The van der Waals surface area contributed by atoms with Crippen molar-refractivity contribution in [1.82, 2.24) is 0 Å². The van der Waals surface area contributed by atoms with Crippen LogP contribution < -0.4 is 5.32 Å². The number of anilines is 1. The molecule has 3 unspecified atom stereocenters. The second-order valence-corrected chi connectivity index (χ2v) is 6.52. The third kappa shape index (κ3) is 2.04. The Hall–Kier alpha value is -1.09. The van der Waals surface area contributed by atoms with Crippen molar-refractivity contribution in [3.63, 3.8) is 0 Å². The van der Waals surface area contributed by atoms with E-state index in [1.165, 1.54) is 6.42 Å². The number of benzene rings is 1. The molecule has 19 heavy (non-hydrogen) atoms. The number of hydrogen-bond acceptors (Lipinski definition) is 2. The minimum Gasteiger partial charge on any atom is -0.379 e. The summed E-state index contributed by atoms with van der Waals surface area (Å²) < 4.78 is 19.8. The Kier molecular flexibility index (Phi) is 3.05. The fourth-order valence-electron chi connectivity index (χ4n) is 3.72. The highest BCUT2D eigenvalue weighted by atomic mass is 19.1. The summed E-state index contributed by atoms with van der Waals surface area (Å²) in [5, 5.41) is 3.41. The van der Waals surface area contributed by atoms with Crippen LogP contribution >= 0.6 is 0 Å². The first-order valence-corrected chi connectivity index (χ1v) is 7.14. The summed E-state index contributed by atoms with van der Waals surface area (Å²) >= 11 is 0. The van der Waals surface area contributed by atoms with E-state index in [-0.39, 0.29) is 11.2 Å². The molecule has 2 aliphatic rings. The van der Waals surface area contributed by atoms with Gasteiger partial charge in [0.1, 0.15) is 5.82 Å². The van der Waals surface area contributed by atoms with Gasteiger partial charge in [-0.3, -0.25) is 0 Å². The van der Waals surface area contributed by atoms with Crippen LogP contribution in [0.25, 0.3) is 0 Å². The van der Waals surface area contributed by atoms with Crippen molar-refractivity contribution in [1.29, 1.82) is 0 Å². The molecule has 3 rings (SSSR count). The van der Waals surface area contributed by atoms with Crippen molar-refractivity contribution in [2.45, 2.75) is 45.8 Å². The van der Waals surface area contributed by atoms with Gasteiger partial charge < -0.3 is 10.1 Å². The molecule has 0 aromatic heterocycles. The van der Waals surface area contributed by atoms with Gasteiger partial charge in [0.25, 0.3) is 0 Å². The summed E-state index contributed by atoms with van der Waals surface area (Å²) in [6.07, 6.45) is 2.62. The largest absolute Gasteiger partial charge is 0.379 e. The summed E-state index contributed by atoms with van der Waals surface area (Å²) in [6, 6.07) is 5.68. The summed E-state index contributed by atoms with van der Waals surface area (Å²) in [4.78, 5) is 0. The highest BCUT2D eigenvalue weighted by Gasteiger charge is 2.57. The molecule has 0 bridgehead atoms. The molecule has 3 atom stereocenters. The predicted molar refractivity (Wildman–Crippen MR) is 74.8 cm³/mol. The second kappa shape index (κ2) is 4.48. The SMILES string of the molecule is Cc1ccc(NC2C3CCCOC3C2(C)C)c(F)c1. The van der Waals surface area contributed by atoms with E-state index in [1.807, 2.05) is 19.1 Å². The van der Waals surface area contributed by atoms with Gasteiger partial charge in [0.05, 0.1) is 11.8 Å². The second-order valence-electron chi connectivity index (χ2n) is 6.52. The van der Waals surface area contributed by atoms with Gasteiger partial charge in [-0.1, -0.05) is 19.9 Å². The topological polar surface area (TPSA) is 21.3 Å². The van der Waals surface area contributed by atoms with Crippen LogP contribution in [0.5, 0.6) is 0 Å². The van der Waals surface area contributed by atoms with Gasteiger partial charge in [-0.15, -0.1) is 0 Å². The number of fused-ring (bicyclic) bond motifs is 1. The molecule has 1 saturated heterocycles. The van der Waals surface area contributed by atoms with E-state index >= 15 is 0 Å². The van der Waals surface area contributed by atoms with E-state index in [4.69, 9.17) is 4.74 Å². The third-order valence-corrected chi connectivity index (χ3v) is 4.77. The minimum atomic E-state index is -0.157. The zero-order chi connectivity index (χ0) is 13.6. The maximum Gasteiger partial charge on any atom is 0.146 e. The van der Waals surface area contributed by atoms with Crippen molar-refractivity contribution in [3.05, 3.63) is 29.6 Å². The molecule has 0 radical (unpaired) electrons. The molecule has 1 aromatic rings. The van der Waals surface area contributed by atoms with Crippen LogP contribution in [0.2, 0.25) is 0 Å². The lowest BCUT2D eigenvalue weighted by Crippen LogP contribution is -2.67. The summed E-state index contributed by atoms with van der Waals surface area (Å²) in [6.45, 7) is 7.20. The molecule has 1 aliphatic heterocycles. The lowest BCUT2D eigenvalue weighted by molar-refractivity contribution is -0.177. The van der Waals surface area contributed by atoms with E-state index in [2.05, 4.69) is 19.2 Å². The number of halogens is 1. The number of ether oxygens (including phenoxy) is 1. The number of hydrogen-bond donors (Lipinski definition) is 1. The van der Waals surface area contributed by atoms with E-state index in [9.17, 15) is 4.39 Å². The molecule has 1 heterocycles. The van der Waals surface area contributed by atoms with E-state index in [1.54, 1.807) is 6.07 Å². The van der Waals surface area contributed by atoms with Crippen molar-refractivity contribution < 1.29 is 9.13 Å². The smallest absolute Gasteiger partial charge is 0.146 e. The van der Waals surface area contributed by atoms with Gasteiger partial charge in [-0.25, -0.2) is 4.39 Å². The van der Waals surface area contributed by atoms with Crippen LogP contribution in [0, 0.1) is 24.1 Å². The number of nitrogens with one attached hydrogen (secondary N) is 1. The normalized spacial score (nSPS) is 32.3. The quantitative estimate of drug-likeness (QED) is 0.877. The first kappa shape index (κ1) is 12.9. The van der Waals surface area contributed by atoms with Crippen LogP contribution in [-0.4, -0.2) is 18.8 Å². The van der Waals surface area contributed by atoms with E-state index in [0.717, 1.165) is 18.6 Å². The van der Waals surface area contributed by atoms with Crippen molar-refractivity contribution in [3.8, 4) is 0 Å². The highest BCUT2D eigenvalue weighted by molar-refractivity contribution is 5.48. The van der Waals surface area contributed by atoms with Gasteiger partial charge in [-0.2, -0.15) is 0 Å².